The van der Waals surface area contributed by atoms with Gasteiger partial charge in [-0.2, -0.15) is 0 Å². The van der Waals surface area contributed by atoms with Crippen LogP contribution in [0.4, 0.5) is 0 Å². The lowest BCUT2D eigenvalue weighted by Gasteiger charge is -1.98. The van der Waals surface area contributed by atoms with Crippen LogP contribution in [0.25, 0.3) is 5.69 Å². The van der Waals surface area contributed by atoms with Crippen LogP contribution in [-0.4, -0.2) is 9.55 Å². The van der Waals surface area contributed by atoms with Crippen molar-refractivity contribution >= 4 is 0 Å². The molecule has 0 amide bonds. The maximum Gasteiger partial charge on any atom is 0.0994 e. The molecule has 3 rings (SSSR count). The largest absolute Gasteiger partial charge is 0.303 e. The number of hydrogen-bond donors (Lipinski definition) is 0. The summed E-state index contributed by atoms with van der Waals surface area (Å²) in [6.07, 6.45) is 4.83. The number of benzene rings is 1. The molecule has 0 unspecified atom stereocenters. The molecule has 12 heavy (non-hydrogen) atoms. The second-order valence-electron chi connectivity index (χ2n) is 3.06. The Morgan fingerprint density at radius 3 is 3.17 bits per heavy atom. The normalized spacial score (nSPS) is 12.7. The number of nitrogens with zero attached hydrogens (tertiary/aromatic N) is 2. The average molecular weight is 156 g/mol. The van der Waals surface area contributed by atoms with Crippen LogP contribution in [0.3, 0.4) is 0 Å². The van der Waals surface area contributed by atoms with Gasteiger partial charge in [0.1, 0.15) is 0 Å². The molecule has 0 bridgehead atoms. The second-order valence-corrected chi connectivity index (χ2v) is 3.06. The zero-order valence-electron chi connectivity index (χ0n) is 6.57. The molecule has 2 nitrogen and oxygen atoms in total. The van der Waals surface area contributed by atoms with E-state index in [0.717, 1.165) is 6.42 Å². The monoisotopic (exact) mass is 156 g/mol. The van der Waals surface area contributed by atoms with Crippen LogP contribution in [-0.2, 0) is 6.42 Å². The summed E-state index contributed by atoms with van der Waals surface area (Å²) >= 11 is 0. The molecule has 2 aromatic rings. The smallest absolute Gasteiger partial charge is 0.0994 e. The zero-order valence-corrected chi connectivity index (χ0v) is 6.57. The highest BCUT2D eigenvalue weighted by Crippen LogP contribution is 2.26. The van der Waals surface area contributed by atoms with E-state index >= 15 is 0 Å². The van der Waals surface area contributed by atoms with Crippen LogP contribution in [0.5, 0.6) is 0 Å². The first-order chi connectivity index (χ1) is 5.95. The predicted molar refractivity (Wildman–Crippen MR) is 46.4 cm³/mol. The van der Waals surface area contributed by atoms with E-state index in [4.69, 9.17) is 0 Å². The van der Waals surface area contributed by atoms with Gasteiger partial charge in [0.2, 0.25) is 0 Å². The summed E-state index contributed by atoms with van der Waals surface area (Å²) in [4.78, 5) is 4.11. The molecule has 1 aliphatic rings. The van der Waals surface area contributed by atoms with Crippen molar-refractivity contribution in [3.63, 3.8) is 0 Å². The Morgan fingerprint density at radius 2 is 2.17 bits per heavy atom. The van der Waals surface area contributed by atoms with E-state index in [1.165, 1.54) is 16.9 Å². The fourth-order valence-electron chi connectivity index (χ4n) is 1.76. The van der Waals surface area contributed by atoms with E-state index in [2.05, 4.69) is 33.8 Å². The molecule has 2 heteroatoms. The maximum absolute atomic E-state index is 4.11. The van der Waals surface area contributed by atoms with Gasteiger partial charge >= 0.3 is 0 Å². The van der Waals surface area contributed by atoms with Crippen molar-refractivity contribution in [2.24, 2.45) is 0 Å². The summed E-state index contributed by atoms with van der Waals surface area (Å²) in [6, 6.07) is 8.45. The van der Waals surface area contributed by atoms with Crippen LogP contribution in [0.2, 0.25) is 0 Å². The summed E-state index contributed by atoms with van der Waals surface area (Å²) in [5.41, 5.74) is 3.97. The van der Waals surface area contributed by atoms with Gasteiger partial charge in [0.05, 0.1) is 12.0 Å². The highest BCUT2D eigenvalue weighted by Gasteiger charge is 2.15. The molecule has 0 saturated heterocycles. The molecule has 0 aliphatic carbocycles. The molecular weight excluding hydrogens is 148 g/mol. The number of hydrogen-bond acceptors (Lipinski definition) is 1. The molecule has 0 spiro atoms. The fraction of sp³-hybridized carbons (Fsp3) is 0.100. The van der Waals surface area contributed by atoms with Crippen LogP contribution in [0.1, 0.15) is 11.3 Å². The Balaban J connectivity index is 2.34. The van der Waals surface area contributed by atoms with Crippen molar-refractivity contribution in [1.29, 1.82) is 0 Å². The van der Waals surface area contributed by atoms with Gasteiger partial charge < -0.3 is 4.57 Å². The number of fused-ring (bicyclic) bond motifs is 3. The summed E-state index contributed by atoms with van der Waals surface area (Å²) in [7, 11) is 0. The fourth-order valence-corrected chi connectivity index (χ4v) is 1.76. The summed E-state index contributed by atoms with van der Waals surface area (Å²) in [5, 5.41) is 0. The van der Waals surface area contributed by atoms with E-state index in [1.807, 2.05) is 12.5 Å². The number of aromatic nitrogens is 2. The van der Waals surface area contributed by atoms with Crippen molar-refractivity contribution < 1.29 is 0 Å². The van der Waals surface area contributed by atoms with Crippen molar-refractivity contribution in [1.82, 2.24) is 9.55 Å². The molecule has 2 heterocycles. The molecule has 1 aliphatic heterocycles. The van der Waals surface area contributed by atoms with Crippen molar-refractivity contribution in [2.45, 2.75) is 6.42 Å². The third-order valence-electron chi connectivity index (χ3n) is 2.34. The van der Waals surface area contributed by atoms with Gasteiger partial charge in [0.25, 0.3) is 0 Å². The molecule has 0 fully saturated rings. The first-order valence-corrected chi connectivity index (χ1v) is 4.04. The zero-order chi connectivity index (χ0) is 7.97. The van der Waals surface area contributed by atoms with E-state index in [9.17, 15) is 0 Å². The standard InChI is InChI=1S/C10H8N2/c1-2-4-10-8(3-1)5-9-6-11-7-12(9)10/h1-4,6-7H,5H2. The first kappa shape index (κ1) is 6.00. The molecule has 1 aromatic carbocycles. The van der Waals surface area contributed by atoms with Gasteiger partial charge in [0, 0.05) is 18.3 Å². The Kier molecular flexibility index (Phi) is 0.987. The van der Waals surface area contributed by atoms with Gasteiger partial charge in [-0.1, -0.05) is 18.2 Å². The van der Waals surface area contributed by atoms with Gasteiger partial charge in [-0.3, -0.25) is 0 Å². The lowest BCUT2D eigenvalue weighted by molar-refractivity contribution is 1.04. The molecular formula is C10H8N2. The summed E-state index contributed by atoms with van der Waals surface area (Å²) < 4.78 is 2.15. The average Bonchev–Trinajstić information content (AvgIpc) is 2.62. The SMILES string of the molecule is c1ccc2c(c1)Cc1cncn1-2. The third kappa shape index (κ3) is 0.619. The first-order valence-electron chi connectivity index (χ1n) is 4.04. The lowest BCUT2D eigenvalue weighted by Crippen LogP contribution is -1.87. The maximum atomic E-state index is 4.11. The third-order valence-corrected chi connectivity index (χ3v) is 2.34. The topological polar surface area (TPSA) is 17.8 Å². The van der Waals surface area contributed by atoms with Crippen molar-refractivity contribution in [3.8, 4) is 5.69 Å². The second kappa shape index (κ2) is 1.97. The molecule has 0 saturated carbocycles. The number of para-hydroxylation sites is 1. The van der Waals surface area contributed by atoms with Crippen LogP contribution < -0.4 is 0 Å². The minimum Gasteiger partial charge on any atom is -0.303 e. The van der Waals surface area contributed by atoms with E-state index in [1.54, 1.807) is 0 Å². The Bertz CT molecular complexity index is 429. The molecule has 1 aromatic heterocycles. The predicted octanol–water partition coefficient (Wildman–Crippen LogP) is 1.78. The number of imidazole rings is 1. The van der Waals surface area contributed by atoms with Crippen LogP contribution in [0.15, 0.2) is 36.8 Å². The van der Waals surface area contributed by atoms with Gasteiger partial charge in [-0.05, 0) is 11.6 Å². The van der Waals surface area contributed by atoms with E-state index in [-0.39, 0.29) is 0 Å². The lowest BCUT2D eigenvalue weighted by atomic mass is 10.1. The Labute approximate surface area is 70.5 Å². The van der Waals surface area contributed by atoms with Gasteiger partial charge in [-0.25, -0.2) is 4.98 Å². The van der Waals surface area contributed by atoms with Gasteiger partial charge in [-0.15, -0.1) is 0 Å². The van der Waals surface area contributed by atoms with Crippen LogP contribution >= 0.6 is 0 Å². The summed E-state index contributed by atoms with van der Waals surface area (Å²) in [5.74, 6) is 0. The minimum absolute atomic E-state index is 1.02. The van der Waals surface area contributed by atoms with Crippen LogP contribution in [0, 0.1) is 0 Å². The Hall–Kier alpha value is -1.57. The highest BCUT2D eigenvalue weighted by molar-refractivity contribution is 5.49. The van der Waals surface area contributed by atoms with Gasteiger partial charge in [0.15, 0.2) is 0 Å². The number of rotatable bonds is 0. The van der Waals surface area contributed by atoms with Crippen molar-refractivity contribution in [2.75, 3.05) is 0 Å². The molecule has 0 atom stereocenters. The van der Waals surface area contributed by atoms with E-state index in [0.29, 0.717) is 0 Å². The van der Waals surface area contributed by atoms with E-state index < -0.39 is 0 Å². The minimum atomic E-state index is 1.02. The molecule has 0 N–H and O–H groups in total. The quantitative estimate of drug-likeness (QED) is 0.485. The Morgan fingerprint density at radius 1 is 1.25 bits per heavy atom. The molecule has 58 valence electrons. The molecule has 0 radical (unpaired) electrons. The highest BCUT2D eigenvalue weighted by atomic mass is 15.1. The van der Waals surface area contributed by atoms with Crippen molar-refractivity contribution in [3.05, 3.63) is 48.0 Å². The summed E-state index contributed by atoms with van der Waals surface area (Å²) in [6.45, 7) is 0.